The molecule has 1 aromatic heterocycles. The summed E-state index contributed by atoms with van der Waals surface area (Å²) in [6.07, 6.45) is 0. The number of aromatic nitrogens is 1. The third-order valence-electron chi connectivity index (χ3n) is 3.68. The number of para-hydroxylation sites is 1. The fourth-order valence-corrected chi connectivity index (χ4v) is 3.07. The van der Waals surface area contributed by atoms with Crippen LogP contribution >= 0.6 is 12.2 Å². The molecule has 1 heterocycles. The zero-order valence-corrected chi connectivity index (χ0v) is 13.1. The summed E-state index contributed by atoms with van der Waals surface area (Å²) in [5.74, 6) is 0. The van der Waals surface area contributed by atoms with E-state index in [1.807, 2.05) is 6.92 Å². The maximum atomic E-state index is 5.25. The van der Waals surface area contributed by atoms with Crippen molar-refractivity contribution >= 4 is 44.8 Å². The predicted molar refractivity (Wildman–Crippen MR) is 95.0 cm³/mol. The first-order valence-electron chi connectivity index (χ1n) is 7.30. The molecule has 0 fully saturated rings. The number of anilines is 1. The number of thiocarbonyl (C=S) groups is 1. The largest absolute Gasteiger partial charge is 0.363 e. The average Bonchev–Trinajstić information content (AvgIpc) is 2.81. The summed E-state index contributed by atoms with van der Waals surface area (Å²) in [7, 11) is 0. The Morgan fingerprint density at radius 1 is 1.05 bits per heavy atom. The molecule has 21 heavy (non-hydrogen) atoms. The van der Waals surface area contributed by atoms with Gasteiger partial charge in [0.1, 0.15) is 0 Å². The van der Waals surface area contributed by atoms with E-state index in [-0.39, 0.29) is 0 Å². The number of hydrogen-bond acceptors (Lipinski definition) is 1. The lowest BCUT2D eigenvalue weighted by Gasteiger charge is -2.09. The molecule has 0 unspecified atom stereocenters. The zero-order chi connectivity index (χ0) is 14.8. The highest BCUT2D eigenvalue weighted by Gasteiger charge is 2.09. The summed E-state index contributed by atoms with van der Waals surface area (Å²) < 4.78 is 2.34. The van der Waals surface area contributed by atoms with E-state index in [0.717, 1.165) is 18.8 Å². The second kappa shape index (κ2) is 5.74. The van der Waals surface area contributed by atoms with E-state index >= 15 is 0 Å². The van der Waals surface area contributed by atoms with Crippen LogP contribution in [0.25, 0.3) is 21.8 Å². The molecule has 0 spiro atoms. The lowest BCUT2D eigenvalue weighted by atomic mass is 10.1. The molecule has 0 aliphatic heterocycles. The molecule has 0 radical (unpaired) electrons. The van der Waals surface area contributed by atoms with Gasteiger partial charge in [-0.25, -0.2) is 0 Å². The molecule has 0 aliphatic carbocycles. The van der Waals surface area contributed by atoms with Gasteiger partial charge in [-0.1, -0.05) is 18.2 Å². The topological polar surface area (TPSA) is 29.0 Å². The van der Waals surface area contributed by atoms with Gasteiger partial charge in [0.2, 0.25) is 0 Å². The van der Waals surface area contributed by atoms with E-state index in [9.17, 15) is 0 Å². The molecule has 2 aromatic carbocycles. The minimum atomic E-state index is 0.663. The van der Waals surface area contributed by atoms with E-state index in [4.69, 9.17) is 12.2 Å². The molecule has 3 nitrogen and oxygen atoms in total. The molecule has 108 valence electrons. The van der Waals surface area contributed by atoms with Crippen molar-refractivity contribution in [1.29, 1.82) is 0 Å². The van der Waals surface area contributed by atoms with Crippen LogP contribution in [0, 0.1) is 0 Å². The molecular weight excluding hydrogens is 278 g/mol. The molecule has 0 aliphatic rings. The third kappa shape index (κ3) is 2.47. The number of hydrogen-bond donors (Lipinski definition) is 2. The maximum Gasteiger partial charge on any atom is 0.170 e. The van der Waals surface area contributed by atoms with Gasteiger partial charge in [0.05, 0.1) is 0 Å². The van der Waals surface area contributed by atoms with Gasteiger partial charge in [0.25, 0.3) is 0 Å². The number of aryl methyl sites for hydroxylation is 1. The summed E-state index contributed by atoms with van der Waals surface area (Å²) in [6.45, 7) is 6.00. The van der Waals surface area contributed by atoms with E-state index in [1.54, 1.807) is 0 Å². The minimum absolute atomic E-state index is 0.663. The number of nitrogens with zero attached hydrogens (tertiary/aromatic N) is 1. The van der Waals surface area contributed by atoms with Crippen LogP contribution in [0.2, 0.25) is 0 Å². The molecule has 2 N–H and O–H groups in total. The van der Waals surface area contributed by atoms with Crippen LogP contribution < -0.4 is 10.6 Å². The van der Waals surface area contributed by atoms with Gasteiger partial charge < -0.3 is 15.2 Å². The van der Waals surface area contributed by atoms with E-state index in [2.05, 4.69) is 64.6 Å². The van der Waals surface area contributed by atoms with Crippen LogP contribution in [0.15, 0.2) is 42.5 Å². The van der Waals surface area contributed by atoms with Crippen molar-refractivity contribution in [3.8, 4) is 0 Å². The molecule has 0 bridgehead atoms. The van der Waals surface area contributed by atoms with Crippen molar-refractivity contribution in [3.05, 3.63) is 42.5 Å². The Morgan fingerprint density at radius 2 is 1.81 bits per heavy atom. The fraction of sp³-hybridized carbons (Fsp3) is 0.235. The van der Waals surface area contributed by atoms with Crippen molar-refractivity contribution in [1.82, 2.24) is 9.88 Å². The van der Waals surface area contributed by atoms with Crippen molar-refractivity contribution in [2.24, 2.45) is 0 Å². The molecule has 3 aromatic rings. The van der Waals surface area contributed by atoms with Gasteiger partial charge in [-0.3, -0.25) is 0 Å². The highest BCUT2D eigenvalue weighted by atomic mass is 32.1. The number of rotatable bonds is 3. The van der Waals surface area contributed by atoms with Crippen LogP contribution in [0.4, 0.5) is 5.69 Å². The summed E-state index contributed by atoms with van der Waals surface area (Å²) in [4.78, 5) is 0. The first-order chi connectivity index (χ1) is 10.2. The number of fused-ring (bicyclic) bond motifs is 3. The van der Waals surface area contributed by atoms with E-state index in [1.165, 1.54) is 21.8 Å². The SMILES string of the molecule is CCNC(=S)Nc1ccc2c(c1)c1ccccc1n2CC. The summed E-state index contributed by atoms with van der Waals surface area (Å²) >= 11 is 5.25. The average molecular weight is 297 g/mol. The Kier molecular flexibility index (Phi) is 3.80. The van der Waals surface area contributed by atoms with E-state index in [0.29, 0.717) is 5.11 Å². The van der Waals surface area contributed by atoms with Crippen molar-refractivity contribution in [3.63, 3.8) is 0 Å². The standard InChI is InChI=1S/C17H19N3S/c1-3-18-17(21)19-12-9-10-16-14(11-12)13-7-5-6-8-15(13)20(16)4-2/h5-11H,3-4H2,1-2H3,(H2,18,19,21). The molecule has 0 saturated carbocycles. The minimum Gasteiger partial charge on any atom is -0.363 e. The Hall–Kier alpha value is -2.07. The highest BCUT2D eigenvalue weighted by Crippen LogP contribution is 2.30. The normalized spacial score (nSPS) is 11.0. The second-order valence-corrected chi connectivity index (χ2v) is 5.39. The number of nitrogens with one attached hydrogen (secondary N) is 2. The van der Waals surface area contributed by atoms with Crippen LogP contribution in [0.1, 0.15) is 13.8 Å². The highest BCUT2D eigenvalue weighted by molar-refractivity contribution is 7.80. The molecular formula is C17H19N3S. The van der Waals surface area contributed by atoms with Crippen LogP contribution in [-0.4, -0.2) is 16.2 Å². The molecule has 3 rings (SSSR count). The van der Waals surface area contributed by atoms with Gasteiger partial charge in [0.15, 0.2) is 5.11 Å². The Labute approximate surface area is 129 Å². The van der Waals surface area contributed by atoms with Gasteiger partial charge >= 0.3 is 0 Å². The van der Waals surface area contributed by atoms with E-state index < -0.39 is 0 Å². The Morgan fingerprint density at radius 3 is 2.57 bits per heavy atom. The van der Waals surface area contributed by atoms with Crippen LogP contribution in [0.5, 0.6) is 0 Å². The predicted octanol–water partition coefficient (Wildman–Crippen LogP) is 4.12. The third-order valence-corrected chi connectivity index (χ3v) is 3.93. The summed E-state index contributed by atoms with van der Waals surface area (Å²) in [5, 5.41) is 9.56. The Bertz CT molecular complexity index is 804. The monoisotopic (exact) mass is 297 g/mol. The lowest BCUT2D eigenvalue weighted by Crippen LogP contribution is -2.27. The van der Waals surface area contributed by atoms with Crippen molar-refractivity contribution < 1.29 is 0 Å². The first-order valence-corrected chi connectivity index (χ1v) is 7.71. The van der Waals surface area contributed by atoms with Gasteiger partial charge in [-0.05, 0) is 50.3 Å². The van der Waals surface area contributed by atoms with Crippen molar-refractivity contribution in [2.45, 2.75) is 20.4 Å². The molecule has 0 atom stereocenters. The zero-order valence-electron chi connectivity index (χ0n) is 12.3. The first kappa shape index (κ1) is 13.9. The quantitative estimate of drug-likeness (QED) is 0.713. The molecule has 0 amide bonds. The van der Waals surface area contributed by atoms with Gasteiger partial charge in [-0.2, -0.15) is 0 Å². The van der Waals surface area contributed by atoms with Crippen molar-refractivity contribution in [2.75, 3.05) is 11.9 Å². The van der Waals surface area contributed by atoms with Crippen LogP contribution in [-0.2, 0) is 6.54 Å². The smallest absolute Gasteiger partial charge is 0.170 e. The molecule has 4 heteroatoms. The number of benzene rings is 2. The fourth-order valence-electron chi connectivity index (χ4n) is 2.81. The summed E-state index contributed by atoms with van der Waals surface area (Å²) in [6, 6.07) is 14.9. The Balaban J connectivity index is 2.13. The second-order valence-electron chi connectivity index (χ2n) is 4.98. The van der Waals surface area contributed by atoms with Gasteiger partial charge in [0, 0.05) is 40.6 Å². The molecule has 0 saturated heterocycles. The maximum absolute atomic E-state index is 5.25. The summed E-state index contributed by atoms with van der Waals surface area (Å²) in [5.41, 5.74) is 3.56. The lowest BCUT2D eigenvalue weighted by molar-refractivity contribution is 0.827. The van der Waals surface area contributed by atoms with Crippen LogP contribution in [0.3, 0.4) is 0 Å². The van der Waals surface area contributed by atoms with Gasteiger partial charge in [-0.15, -0.1) is 0 Å².